The van der Waals surface area contributed by atoms with Crippen LogP contribution in [0.3, 0.4) is 0 Å². The lowest BCUT2D eigenvalue weighted by molar-refractivity contribution is 0.362. The average molecular weight is 417 g/mol. The van der Waals surface area contributed by atoms with Gasteiger partial charge in [0.2, 0.25) is 0 Å². The third-order valence-electron chi connectivity index (χ3n) is 3.32. The normalized spacial score (nSPS) is 11.8. The van der Waals surface area contributed by atoms with Crippen LogP contribution in [0.2, 0.25) is 0 Å². The number of benzene rings is 1. The van der Waals surface area contributed by atoms with Crippen molar-refractivity contribution < 1.29 is 0 Å². The average Bonchev–Trinajstić information content (AvgIpc) is 2.75. The summed E-state index contributed by atoms with van der Waals surface area (Å²) in [6.07, 6.45) is 2.24. The summed E-state index contributed by atoms with van der Waals surface area (Å²) < 4.78 is 2.30. The van der Waals surface area contributed by atoms with Gasteiger partial charge in [-0.3, -0.25) is 0 Å². The Morgan fingerprint density at radius 2 is 1.85 bits per heavy atom. The van der Waals surface area contributed by atoms with E-state index in [9.17, 15) is 0 Å². The second kappa shape index (κ2) is 7.21. The molecule has 1 nitrogen and oxygen atoms in total. The van der Waals surface area contributed by atoms with Crippen LogP contribution >= 0.6 is 43.2 Å². The Bertz CT molecular complexity index is 529. The summed E-state index contributed by atoms with van der Waals surface area (Å²) in [6, 6.07) is 12.9. The fourth-order valence-corrected chi connectivity index (χ4v) is 4.11. The number of aryl methyl sites for hydroxylation is 1. The van der Waals surface area contributed by atoms with E-state index in [1.807, 2.05) is 0 Å². The Morgan fingerprint density at radius 1 is 1.15 bits per heavy atom. The molecule has 0 spiro atoms. The lowest BCUT2D eigenvalue weighted by Crippen LogP contribution is -2.38. The van der Waals surface area contributed by atoms with Crippen LogP contribution in [0.25, 0.3) is 0 Å². The molecule has 0 aliphatic carbocycles. The van der Waals surface area contributed by atoms with Crippen molar-refractivity contribution in [3.63, 3.8) is 0 Å². The van der Waals surface area contributed by atoms with Crippen LogP contribution in [0, 0.1) is 0 Å². The monoisotopic (exact) mass is 415 g/mol. The molecule has 0 aliphatic rings. The summed E-state index contributed by atoms with van der Waals surface area (Å²) in [5.74, 6) is 0. The zero-order valence-electron chi connectivity index (χ0n) is 11.7. The number of nitrogens with one attached hydrogen (secondary N) is 1. The maximum atomic E-state index is 3.65. The van der Waals surface area contributed by atoms with Gasteiger partial charge < -0.3 is 5.32 Å². The minimum absolute atomic E-state index is 0.138. The number of hydrogen-bond acceptors (Lipinski definition) is 2. The minimum Gasteiger partial charge on any atom is -0.307 e. The van der Waals surface area contributed by atoms with Crippen LogP contribution in [0.5, 0.6) is 0 Å². The standard InChI is InChI=1S/C16H19Br2NS/c1-16(2,9-8-12-6-4-3-5-7-12)19-11-13-10-14(17)15(18)20-13/h3-7,10,19H,8-9,11H2,1-2H3. The van der Waals surface area contributed by atoms with E-state index in [-0.39, 0.29) is 5.54 Å². The van der Waals surface area contributed by atoms with Gasteiger partial charge in [0, 0.05) is 21.4 Å². The molecule has 0 bridgehead atoms. The Morgan fingerprint density at radius 3 is 2.45 bits per heavy atom. The van der Waals surface area contributed by atoms with Crippen molar-refractivity contribution in [2.24, 2.45) is 0 Å². The number of rotatable bonds is 6. The molecular formula is C16H19Br2NS. The van der Waals surface area contributed by atoms with E-state index in [0.29, 0.717) is 0 Å². The van der Waals surface area contributed by atoms with Gasteiger partial charge in [0.05, 0.1) is 3.79 Å². The van der Waals surface area contributed by atoms with Crippen LogP contribution in [0.1, 0.15) is 30.7 Å². The summed E-state index contributed by atoms with van der Waals surface area (Å²) in [5, 5.41) is 3.65. The molecule has 0 saturated carbocycles. The summed E-state index contributed by atoms with van der Waals surface area (Å²) in [4.78, 5) is 1.34. The topological polar surface area (TPSA) is 12.0 Å². The third-order valence-corrected chi connectivity index (χ3v) is 6.58. The molecule has 0 aliphatic heterocycles. The van der Waals surface area contributed by atoms with Gasteiger partial charge in [0.1, 0.15) is 0 Å². The molecular weight excluding hydrogens is 398 g/mol. The van der Waals surface area contributed by atoms with Gasteiger partial charge in [0.15, 0.2) is 0 Å². The molecule has 2 aromatic rings. The Kier molecular flexibility index (Phi) is 5.84. The first-order valence-electron chi connectivity index (χ1n) is 6.69. The fraction of sp³-hybridized carbons (Fsp3) is 0.375. The van der Waals surface area contributed by atoms with E-state index < -0.39 is 0 Å². The van der Waals surface area contributed by atoms with Crippen LogP contribution in [-0.2, 0) is 13.0 Å². The van der Waals surface area contributed by atoms with Crippen LogP contribution in [-0.4, -0.2) is 5.54 Å². The second-order valence-corrected chi connectivity index (χ2v) is 8.87. The van der Waals surface area contributed by atoms with Crippen molar-refractivity contribution in [2.75, 3.05) is 0 Å². The van der Waals surface area contributed by atoms with Gasteiger partial charge in [-0.15, -0.1) is 11.3 Å². The highest BCUT2D eigenvalue weighted by molar-refractivity contribution is 9.13. The highest BCUT2D eigenvalue weighted by atomic mass is 79.9. The highest BCUT2D eigenvalue weighted by Gasteiger charge is 2.17. The molecule has 0 atom stereocenters. The van der Waals surface area contributed by atoms with Crippen LogP contribution < -0.4 is 5.32 Å². The second-order valence-electron chi connectivity index (χ2n) is 5.56. The largest absolute Gasteiger partial charge is 0.307 e. The Hall–Kier alpha value is -0.160. The zero-order valence-corrected chi connectivity index (χ0v) is 15.7. The zero-order chi connectivity index (χ0) is 14.6. The first kappa shape index (κ1) is 16.2. The van der Waals surface area contributed by atoms with Crippen molar-refractivity contribution in [3.8, 4) is 0 Å². The van der Waals surface area contributed by atoms with Gasteiger partial charge in [-0.05, 0) is 70.2 Å². The van der Waals surface area contributed by atoms with E-state index >= 15 is 0 Å². The molecule has 0 unspecified atom stereocenters. The molecule has 1 heterocycles. The smallest absolute Gasteiger partial charge is 0.0843 e. The summed E-state index contributed by atoms with van der Waals surface area (Å²) in [6.45, 7) is 5.46. The van der Waals surface area contributed by atoms with Crippen LogP contribution in [0.4, 0.5) is 0 Å². The minimum atomic E-state index is 0.138. The van der Waals surface area contributed by atoms with Crippen LogP contribution in [0.15, 0.2) is 44.7 Å². The molecule has 0 fully saturated rings. The maximum Gasteiger partial charge on any atom is 0.0843 e. The van der Waals surface area contributed by atoms with E-state index in [1.165, 1.54) is 10.4 Å². The van der Waals surface area contributed by atoms with Gasteiger partial charge in [-0.1, -0.05) is 30.3 Å². The van der Waals surface area contributed by atoms with Crippen molar-refractivity contribution in [3.05, 3.63) is 55.1 Å². The molecule has 4 heteroatoms. The van der Waals surface area contributed by atoms with Crippen molar-refractivity contribution >= 4 is 43.2 Å². The predicted octanol–water partition coefficient (Wildman–Crippen LogP) is 5.77. The predicted molar refractivity (Wildman–Crippen MR) is 95.4 cm³/mol. The van der Waals surface area contributed by atoms with Crippen molar-refractivity contribution in [2.45, 2.75) is 38.8 Å². The number of halogens is 2. The van der Waals surface area contributed by atoms with Crippen molar-refractivity contribution in [1.29, 1.82) is 0 Å². The Labute approximate surface area is 142 Å². The fourth-order valence-electron chi connectivity index (χ4n) is 1.99. The van der Waals surface area contributed by atoms with E-state index in [2.05, 4.69) is 87.4 Å². The van der Waals surface area contributed by atoms with E-state index in [0.717, 1.165) is 27.6 Å². The lowest BCUT2D eigenvalue weighted by Gasteiger charge is -2.26. The van der Waals surface area contributed by atoms with Gasteiger partial charge >= 0.3 is 0 Å². The third kappa shape index (κ3) is 4.99. The maximum absolute atomic E-state index is 3.65. The lowest BCUT2D eigenvalue weighted by atomic mass is 9.95. The molecule has 20 heavy (non-hydrogen) atoms. The SMILES string of the molecule is CC(C)(CCc1ccccc1)NCc1cc(Br)c(Br)s1. The molecule has 2 rings (SSSR count). The van der Waals surface area contributed by atoms with E-state index in [1.54, 1.807) is 11.3 Å². The molecule has 108 valence electrons. The number of hydrogen-bond donors (Lipinski definition) is 1. The van der Waals surface area contributed by atoms with Gasteiger partial charge in [-0.25, -0.2) is 0 Å². The summed E-state index contributed by atoms with van der Waals surface area (Å²) in [7, 11) is 0. The molecule has 1 N–H and O–H groups in total. The molecule has 0 amide bonds. The van der Waals surface area contributed by atoms with Gasteiger partial charge in [-0.2, -0.15) is 0 Å². The summed E-state index contributed by atoms with van der Waals surface area (Å²) >= 11 is 8.85. The van der Waals surface area contributed by atoms with Crippen molar-refractivity contribution in [1.82, 2.24) is 5.32 Å². The first-order chi connectivity index (χ1) is 9.46. The first-order valence-corrected chi connectivity index (χ1v) is 9.09. The molecule has 1 aromatic carbocycles. The van der Waals surface area contributed by atoms with E-state index in [4.69, 9.17) is 0 Å². The number of thiophene rings is 1. The molecule has 0 saturated heterocycles. The quantitative estimate of drug-likeness (QED) is 0.629. The highest BCUT2D eigenvalue weighted by Crippen LogP contribution is 2.32. The molecule has 1 aromatic heterocycles. The molecule has 0 radical (unpaired) electrons. The summed E-state index contributed by atoms with van der Waals surface area (Å²) in [5.41, 5.74) is 1.54. The van der Waals surface area contributed by atoms with Gasteiger partial charge in [0.25, 0.3) is 0 Å². The Balaban J connectivity index is 1.84.